The lowest BCUT2D eigenvalue weighted by atomic mass is 10.2. The van der Waals surface area contributed by atoms with Crippen molar-refractivity contribution >= 4 is 63.0 Å². The lowest BCUT2D eigenvalue weighted by Crippen LogP contribution is -2.38. The van der Waals surface area contributed by atoms with Gasteiger partial charge < -0.3 is 30.3 Å². The summed E-state index contributed by atoms with van der Waals surface area (Å²) in [4.78, 5) is 21.9. The molecular formula is C26H27FN6O3S2. The van der Waals surface area contributed by atoms with E-state index in [1.54, 1.807) is 36.0 Å². The normalized spacial score (nSPS) is 12.9. The molecule has 198 valence electrons. The second kappa shape index (κ2) is 13.7. The number of ether oxygens (including phenoxy) is 2. The Morgan fingerprint density at radius 3 is 2.68 bits per heavy atom. The summed E-state index contributed by atoms with van der Waals surface area (Å²) < 4.78 is 26.4. The van der Waals surface area contributed by atoms with Crippen LogP contribution in [-0.4, -0.2) is 63.8 Å². The van der Waals surface area contributed by atoms with Crippen molar-refractivity contribution in [2.45, 2.75) is 0 Å². The van der Waals surface area contributed by atoms with Crippen molar-refractivity contribution in [3.05, 3.63) is 73.2 Å². The maximum atomic E-state index is 14.4. The average molecular weight is 555 g/mol. The number of morpholine rings is 1. The molecule has 0 spiro atoms. The first kappa shape index (κ1) is 27.3. The minimum atomic E-state index is -0.620. The molecule has 0 saturated carbocycles. The monoisotopic (exact) mass is 554 g/mol. The summed E-state index contributed by atoms with van der Waals surface area (Å²) in [5.74, 6) is 0.711. The Labute approximate surface area is 229 Å². The van der Waals surface area contributed by atoms with Crippen molar-refractivity contribution in [3.8, 4) is 5.75 Å². The molecule has 1 aliphatic rings. The number of thiocarbonyl (C=S) groups is 1. The lowest BCUT2D eigenvalue weighted by molar-refractivity contribution is -0.111. The predicted molar refractivity (Wildman–Crippen MR) is 153 cm³/mol. The second-order valence-electron chi connectivity index (χ2n) is 8.00. The number of nitrogens with one attached hydrogen (secondary N) is 3. The topological polar surface area (TPSA) is 101 Å². The van der Waals surface area contributed by atoms with Crippen LogP contribution in [0.4, 0.5) is 33.2 Å². The van der Waals surface area contributed by atoms with Gasteiger partial charge in [0.2, 0.25) is 11.9 Å². The fourth-order valence-electron chi connectivity index (χ4n) is 3.41. The first-order valence-electron chi connectivity index (χ1n) is 11.8. The summed E-state index contributed by atoms with van der Waals surface area (Å²) in [6, 6.07) is 14.1. The summed E-state index contributed by atoms with van der Waals surface area (Å²) in [6.45, 7) is 7.04. The number of aromatic nitrogens is 2. The lowest BCUT2D eigenvalue weighted by Gasteiger charge is -2.28. The number of carbonyl (C=O) groups is 1. The van der Waals surface area contributed by atoms with Gasteiger partial charge in [-0.3, -0.25) is 4.79 Å². The van der Waals surface area contributed by atoms with E-state index in [1.165, 1.54) is 6.08 Å². The van der Waals surface area contributed by atoms with E-state index in [-0.39, 0.29) is 17.7 Å². The third kappa shape index (κ3) is 8.13. The molecule has 3 N–H and O–H groups in total. The van der Waals surface area contributed by atoms with Gasteiger partial charge in [0, 0.05) is 35.9 Å². The molecule has 1 saturated heterocycles. The SMILES string of the molecule is C=CC(=O)Nc1cccc(Nc2nc(Nc3ccc(OCCSC(=S)N4CCOCC4)cc3)ncc2F)c1. The maximum absolute atomic E-state index is 14.4. The zero-order valence-electron chi connectivity index (χ0n) is 20.5. The van der Waals surface area contributed by atoms with Crippen LogP contribution in [0.2, 0.25) is 0 Å². The zero-order chi connectivity index (χ0) is 26.7. The van der Waals surface area contributed by atoms with E-state index in [9.17, 15) is 9.18 Å². The summed E-state index contributed by atoms with van der Waals surface area (Å²) in [5, 5.41) is 8.63. The van der Waals surface area contributed by atoms with E-state index < -0.39 is 5.82 Å². The van der Waals surface area contributed by atoms with Crippen LogP contribution >= 0.6 is 24.0 Å². The highest BCUT2D eigenvalue weighted by molar-refractivity contribution is 8.22. The molecule has 1 fully saturated rings. The Balaban J connectivity index is 1.28. The average Bonchev–Trinajstić information content (AvgIpc) is 2.94. The predicted octanol–water partition coefficient (Wildman–Crippen LogP) is 4.96. The number of halogens is 1. The summed E-state index contributed by atoms with van der Waals surface area (Å²) in [5.41, 5.74) is 1.79. The summed E-state index contributed by atoms with van der Waals surface area (Å²) in [6.07, 6.45) is 2.25. The van der Waals surface area contributed by atoms with Gasteiger partial charge in [0.25, 0.3) is 0 Å². The molecule has 0 aliphatic carbocycles. The van der Waals surface area contributed by atoms with Gasteiger partial charge in [0.15, 0.2) is 11.6 Å². The number of anilines is 5. The maximum Gasteiger partial charge on any atom is 0.247 e. The number of thioether (sulfide) groups is 1. The Morgan fingerprint density at radius 2 is 1.92 bits per heavy atom. The zero-order valence-corrected chi connectivity index (χ0v) is 22.1. The number of amides is 1. The van der Waals surface area contributed by atoms with Gasteiger partial charge in [-0.15, -0.1) is 0 Å². The first-order chi connectivity index (χ1) is 18.5. The van der Waals surface area contributed by atoms with Crippen LogP contribution in [0.25, 0.3) is 0 Å². The Morgan fingerprint density at radius 1 is 1.16 bits per heavy atom. The van der Waals surface area contributed by atoms with Gasteiger partial charge in [0.05, 0.1) is 26.0 Å². The highest BCUT2D eigenvalue weighted by Crippen LogP contribution is 2.24. The molecule has 9 nitrogen and oxygen atoms in total. The van der Waals surface area contributed by atoms with Crippen molar-refractivity contribution in [1.82, 2.24) is 14.9 Å². The van der Waals surface area contributed by atoms with Gasteiger partial charge >= 0.3 is 0 Å². The molecule has 1 amide bonds. The fraction of sp³-hybridized carbons (Fsp3) is 0.231. The molecule has 2 heterocycles. The van der Waals surface area contributed by atoms with Gasteiger partial charge in [-0.05, 0) is 48.5 Å². The van der Waals surface area contributed by atoms with Gasteiger partial charge in [0.1, 0.15) is 10.1 Å². The number of benzene rings is 2. The Hall–Kier alpha value is -3.74. The van der Waals surface area contributed by atoms with Crippen molar-refractivity contribution in [1.29, 1.82) is 0 Å². The van der Waals surface area contributed by atoms with Crippen LogP contribution < -0.4 is 20.7 Å². The van der Waals surface area contributed by atoms with E-state index in [1.807, 2.05) is 24.3 Å². The molecule has 1 aliphatic heterocycles. The van der Waals surface area contributed by atoms with Crippen LogP contribution in [0.5, 0.6) is 5.75 Å². The van der Waals surface area contributed by atoms with Crippen LogP contribution in [0.3, 0.4) is 0 Å². The van der Waals surface area contributed by atoms with E-state index in [2.05, 4.69) is 37.4 Å². The van der Waals surface area contributed by atoms with E-state index >= 15 is 0 Å². The number of rotatable bonds is 10. The molecule has 0 radical (unpaired) electrons. The van der Waals surface area contributed by atoms with E-state index in [0.29, 0.717) is 36.9 Å². The molecule has 4 rings (SSSR count). The smallest absolute Gasteiger partial charge is 0.247 e. The third-order valence-corrected chi connectivity index (χ3v) is 6.77. The molecule has 3 aromatic rings. The standard InChI is InChI=1S/C26H27FN6O3S2/c1-2-23(34)29-19-4-3-5-20(16-19)30-24-22(27)17-28-25(32-24)31-18-6-8-21(9-7-18)36-14-15-38-26(37)33-10-12-35-13-11-33/h2-9,16-17H,1,10-15H2,(H,29,34)(H2,28,30,31,32). The molecule has 1 aromatic heterocycles. The second-order valence-corrected chi connectivity index (χ2v) is 9.73. The molecule has 0 bridgehead atoms. The highest BCUT2D eigenvalue weighted by Gasteiger charge is 2.14. The number of carbonyl (C=O) groups excluding carboxylic acids is 1. The fourth-order valence-corrected chi connectivity index (χ4v) is 4.55. The van der Waals surface area contributed by atoms with Gasteiger partial charge in [-0.1, -0.05) is 36.6 Å². The van der Waals surface area contributed by atoms with Crippen molar-refractivity contribution < 1.29 is 18.7 Å². The molecular weight excluding hydrogens is 527 g/mol. The van der Waals surface area contributed by atoms with Crippen molar-refractivity contribution in [2.75, 3.05) is 54.6 Å². The third-order valence-electron chi connectivity index (χ3n) is 5.28. The Kier molecular flexibility index (Phi) is 9.84. The number of hydrogen-bond acceptors (Lipinski definition) is 9. The van der Waals surface area contributed by atoms with Crippen LogP contribution in [-0.2, 0) is 9.53 Å². The first-order valence-corrected chi connectivity index (χ1v) is 13.2. The van der Waals surface area contributed by atoms with E-state index in [4.69, 9.17) is 21.7 Å². The van der Waals surface area contributed by atoms with Gasteiger partial charge in [-0.25, -0.2) is 9.37 Å². The van der Waals surface area contributed by atoms with Crippen molar-refractivity contribution in [3.63, 3.8) is 0 Å². The van der Waals surface area contributed by atoms with E-state index in [0.717, 1.165) is 35.1 Å². The highest BCUT2D eigenvalue weighted by atomic mass is 32.2. The molecule has 12 heteroatoms. The quantitative estimate of drug-likeness (QED) is 0.181. The minimum Gasteiger partial charge on any atom is -0.493 e. The molecule has 38 heavy (non-hydrogen) atoms. The minimum absolute atomic E-state index is 0.0119. The largest absolute Gasteiger partial charge is 0.493 e. The number of hydrogen-bond donors (Lipinski definition) is 3. The summed E-state index contributed by atoms with van der Waals surface area (Å²) >= 11 is 7.08. The summed E-state index contributed by atoms with van der Waals surface area (Å²) in [7, 11) is 0. The van der Waals surface area contributed by atoms with Crippen LogP contribution in [0, 0.1) is 5.82 Å². The molecule has 0 unspecified atom stereocenters. The number of nitrogens with zero attached hydrogens (tertiary/aromatic N) is 3. The van der Waals surface area contributed by atoms with Crippen LogP contribution in [0.1, 0.15) is 0 Å². The van der Waals surface area contributed by atoms with Crippen LogP contribution in [0.15, 0.2) is 67.4 Å². The van der Waals surface area contributed by atoms with Gasteiger partial charge in [-0.2, -0.15) is 4.98 Å². The Bertz CT molecular complexity index is 1270. The molecule has 2 aromatic carbocycles. The molecule has 0 atom stereocenters. The van der Waals surface area contributed by atoms with Crippen molar-refractivity contribution in [2.24, 2.45) is 0 Å².